The zero-order valence-corrected chi connectivity index (χ0v) is 9.87. The van der Waals surface area contributed by atoms with Crippen LogP contribution in [0.4, 0.5) is 13.2 Å². The van der Waals surface area contributed by atoms with E-state index in [0.717, 1.165) is 25.7 Å². The number of carboxylic acid groups (broad SMARTS) is 1. The minimum Gasteiger partial charge on any atom is -0.480 e. The lowest BCUT2D eigenvalue weighted by Gasteiger charge is -2.23. The van der Waals surface area contributed by atoms with Gasteiger partial charge in [0.05, 0.1) is 0 Å². The summed E-state index contributed by atoms with van der Waals surface area (Å²) in [4.78, 5) is 22.5. The molecule has 18 heavy (non-hydrogen) atoms. The normalized spacial score (nSPS) is 16.8. The molecule has 0 aromatic rings. The van der Waals surface area contributed by atoms with Gasteiger partial charge in [0.2, 0.25) is 5.91 Å². The number of hydrogen-bond acceptors (Lipinski definition) is 2. The van der Waals surface area contributed by atoms with Crippen LogP contribution in [-0.4, -0.2) is 41.1 Å². The first-order chi connectivity index (χ1) is 8.28. The Morgan fingerprint density at radius 2 is 1.78 bits per heavy atom. The Morgan fingerprint density at radius 1 is 1.22 bits per heavy atom. The zero-order chi connectivity index (χ0) is 13.8. The molecule has 0 radical (unpaired) electrons. The highest BCUT2D eigenvalue weighted by Crippen LogP contribution is 2.28. The predicted octanol–water partition coefficient (Wildman–Crippen LogP) is 2.04. The molecule has 0 aliphatic heterocycles. The third-order valence-corrected chi connectivity index (χ3v) is 2.99. The second-order valence-electron chi connectivity index (χ2n) is 4.61. The number of amides is 1. The van der Waals surface area contributed by atoms with Gasteiger partial charge in [0.1, 0.15) is 13.1 Å². The van der Waals surface area contributed by atoms with Gasteiger partial charge in [-0.1, -0.05) is 12.8 Å². The standard InChI is InChI=1S/C11H16F3NO3/c12-11(13,14)7-15(6-10(17)18)9(16)5-8-3-1-2-4-8/h8H,1-7H2,(H,17,18). The number of carbonyl (C=O) groups excluding carboxylic acids is 1. The second kappa shape index (κ2) is 6.06. The quantitative estimate of drug-likeness (QED) is 0.829. The van der Waals surface area contributed by atoms with Gasteiger partial charge in [0, 0.05) is 6.42 Å². The van der Waals surface area contributed by atoms with Crippen molar-refractivity contribution >= 4 is 11.9 Å². The molecule has 1 amide bonds. The molecular formula is C11H16F3NO3. The first-order valence-electron chi connectivity index (χ1n) is 5.84. The summed E-state index contributed by atoms with van der Waals surface area (Å²) in [7, 11) is 0. The minimum absolute atomic E-state index is 0.0172. The monoisotopic (exact) mass is 267 g/mol. The van der Waals surface area contributed by atoms with Crippen LogP contribution in [0.5, 0.6) is 0 Å². The van der Waals surface area contributed by atoms with E-state index in [0.29, 0.717) is 4.90 Å². The minimum atomic E-state index is -4.57. The zero-order valence-electron chi connectivity index (χ0n) is 9.87. The molecule has 7 heteroatoms. The number of carbonyl (C=O) groups is 2. The van der Waals surface area contributed by atoms with Crippen molar-refractivity contribution < 1.29 is 27.9 Å². The van der Waals surface area contributed by atoms with E-state index in [1.807, 2.05) is 0 Å². The molecule has 0 bridgehead atoms. The maximum atomic E-state index is 12.2. The summed E-state index contributed by atoms with van der Waals surface area (Å²) in [5.74, 6) is -2.05. The van der Waals surface area contributed by atoms with Gasteiger partial charge in [-0.05, 0) is 18.8 Å². The van der Waals surface area contributed by atoms with Crippen molar-refractivity contribution in [3.8, 4) is 0 Å². The molecule has 1 rings (SSSR count). The van der Waals surface area contributed by atoms with E-state index in [4.69, 9.17) is 5.11 Å². The molecule has 1 aliphatic rings. The smallest absolute Gasteiger partial charge is 0.406 e. The summed E-state index contributed by atoms with van der Waals surface area (Å²) in [6.45, 7) is -2.39. The Kier molecular flexibility index (Phi) is 4.98. The number of carboxylic acids is 1. The molecule has 0 aromatic heterocycles. The van der Waals surface area contributed by atoms with Crippen LogP contribution in [0.25, 0.3) is 0 Å². The lowest BCUT2D eigenvalue weighted by Crippen LogP contribution is -2.42. The molecule has 1 fully saturated rings. The third kappa shape index (κ3) is 5.37. The Labute approximate surface area is 103 Å². The summed E-state index contributed by atoms with van der Waals surface area (Å²) < 4.78 is 36.7. The molecule has 0 spiro atoms. The first kappa shape index (κ1) is 14.8. The number of hydrogen-bond donors (Lipinski definition) is 1. The summed E-state index contributed by atoms with van der Waals surface area (Å²) >= 11 is 0. The molecule has 0 saturated heterocycles. The third-order valence-electron chi connectivity index (χ3n) is 2.99. The fourth-order valence-corrected chi connectivity index (χ4v) is 2.20. The fraction of sp³-hybridized carbons (Fsp3) is 0.818. The molecule has 4 nitrogen and oxygen atoms in total. The van der Waals surface area contributed by atoms with Gasteiger partial charge < -0.3 is 10.0 Å². The highest BCUT2D eigenvalue weighted by Gasteiger charge is 2.34. The van der Waals surface area contributed by atoms with Crippen molar-refractivity contribution in [1.82, 2.24) is 4.90 Å². The van der Waals surface area contributed by atoms with Crippen LogP contribution in [0.15, 0.2) is 0 Å². The van der Waals surface area contributed by atoms with Crippen LogP contribution in [0.2, 0.25) is 0 Å². The molecular weight excluding hydrogens is 251 g/mol. The highest BCUT2D eigenvalue weighted by atomic mass is 19.4. The van der Waals surface area contributed by atoms with Crippen molar-refractivity contribution in [2.75, 3.05) is 13.1 Å². The van der Waals surface area contributed by atoms with E-state index in [2.05, 4.69) is 0 Å². The predicted molar refractivity (Wildman–Crippen MR) is 56.8 cm³/mol. The Hall–Kier alpha value is -1.27. The summed E-state index contributed by atoms with van der Waals surface area (Å²) in [5.41, 5.74) is 0. The molecule has 0 aromatic carbocycles. The van der Waals surface area contributed by atoms with E-state index >= 15 is 0 Å². The molecule has 1 N–H and O–H groups in total. The maximum absolute atomic E-state index is 12.2. The van der Waals surface area contributed by atoms with Crippen LogP contribution >= 0.6 is 0 Å². The van der Waals surface area contributed by atoms with Crippen molar-refractivity contribution in [3.05, 3.63) is 0 Å². The van der Waals surface area contributed by atoms with E-state index in [-0.39, 0.29) is 12.3 Å². The van der Waals surface area contributed by atoms with Gasteiger partial charge >= 0.3 is 12.1 Å². The summed E-state index contributed by atoms with van der Waals surface area (Å²) in [5, 5.41) is 8.53. The first-order valence-corrected chi connectivity index (χ1v) is 5.84. The molecule has 104 valence electrons. The number of aliphatic carboxylic acids is 1. The number of rotatable bonds is 5. The number of nitrogens with zero attached hydrogens (tertiary/aromatic N) is 1. The highest BCUT2D eigenvalue weighted by molar-refractivity contribution is 5.81. The van der Waals surface area contributed by atoms with Crippen LogP contribution in [0, 0.1) is 5.92 Å². The van der Waals surface area contributed by atoms with Crippen LogP contribution in [-0.2, 0) is 9.59 Å². The van der Waals surface area contributed by atoms with Crippen LogP contribution < -0.4 is 0 Å². The Bertz CT molecular complexity index is 311. The number of halogens is 3. The maximum Gasteiger partial charge on any atom is 0.406 e. The van der Waals surface area contributed by atoms with Gasteiger partial charge in [-0.3, -0.25) is 9.59 Å². The van der Waals surface area contributed by atoms with Crippen LogP contribution in [0.3, 0.4) is 0 Å². The molecule has 0 atom stereocenters. The average molecular weight is 267 g/mol. The van der Waals surface area contributed by atoms with Crippen molar-refractivity contribution in [1.29, 1.82) is 0 Å². The van der Waals surface area contributed by atoms with E-state index in [9.17, 15) is 22.8 Å². The lowest BCUT2D eigenvalue weighted by atomic mass is 10.0. The Morgan fingerprint density at radius 3 is 2.22 bits per heavy atom. The van der Waals surface area contributed by atoms with Crippen molar-refractivity contribution in [2.24, 2.45) is 5.92 Å². The van der Waals surface area contributed by atoms with Gasteiger partial charge in [-0.2, -0.15) is 13.2 Å². The summed E-state index contributed by atoms with van der Waals surface area (Å²) in [6.07, 6.45) is -0.923. The van der Waals surface area contributed by atoms with E-state index < -0.39 is 31.1 Å². The van der Waals surface area contributed by atoms with Gasteiger partial charge in [0.25, 0.3) is 0 Å². The number of alkyl halides is 3. The second-order valence-corrected chi connectivity index (χ2v) is 4.61. The van der Waals surface area contributed by atoms with Crippen molar-refractivity contribution in [3.63, 3.8) is 0 Å². The largest absolute Gasteiger partial charge is 0.480 e. The topological polar surface area (TPSA) is 57.6 Å². The van der Waals surface area contributed by atoms with Gasteiger partial charge in [0.15, 0.2) is 0 Å². The van der Waals surface area contributed by atoms with Gasteiger partial charge in [-0.25, -0.2) is 0 Å². The fourth-order valence-electron chi connectivity index (χ4n) is 2.20. The molecule has 0 unspecified atom stereocenters. The summed E-state index contributed by atoms with van der Waals surface area (Å²) in [6, 6.07) is 0. The van der Waals surface area contributed by atoms with E-state index in [1.54, 1.807) is 0 Å². The van der Waals surface area contributed by atoms with E-state index in [1.165, 1.54) is 0 Å². The van der Waals surface area contributed by atoms with Gasteiger partial charge in [-0.15, -0.1) is 0 Å². The molecule has 0 heterocycles. The molecule has 1 saturated carbocycles. The Balaban J connectivity index is 2.56. The van der Waals surface area contributed by atoms with Crippen molar-refractivity contribution in [2.45, 2.75) is 38.3 Å². The lowest BCUT2D eigenvalue weighted by molar-refractivity contribution is -0.166. The average Bonchev–Trinajstić information content (AvgIpc) is 2.66. The SMILES string of the molecule is O=C(O)CN(CC(F)(F)F)C(=O)CC1CCCC1. The molecule has 1 aliphatic carbocycles. The van der Waals surface area contributed by atoms with Crippen LogP contribution in [0.1, 0.15) is 32.1 Å².